The van der Waals surface area contributed by atoms with Crippen molar-refractivity contribution < 1.29 is 13.9 Å². The predicted octanol–water partition coefficient (Wildman–Crippen LogP) is 4.63. The summed E-state index contributed by atoms with van der Waals surface area (Å²) in [6.07, 6.45) is 2.50. The normalized spacial score (nSPS) is 15.3. The Labute approximate surface area is 194 Å². The van der Waals surface area contributed by atoms with Gasteiger partial charge in [0.25, 0.3) is 5.91 Å². The second-order valence-electron chi connectivity index (χ2n) is 8.12. The molecule has 1 aromatic heterocycles. The van der Waals surface area contributed by atoms with Crippen LogP contribution in [0.2, 0.25) is 0 Å². The minimum Gasteiger partial charge on any atom is -0.490 e. The molecule has 0 bridgehead atoms. The first kappa shape index (κ1) is 22.8. The molecule has 33 heavy (non-hydrogen) atoms. The van der Waals surface area contributed by atoms with E-state index in [1.54, 1.807) is 29.2 Å². The molecule has 1 aliphatic rings. The third kappa shape index (κ3) is 4.44. The molecule has 0 saturated carbocycles. The third-order valence-corrected chi connectivity index (χ3v) is 6.20. The van der Waals surface area contributed by atoms with Crippen molar-refractivity contribution in [3.05, 3.63) is 88.3 Å². The van der Waals surface area contributed by atoms with Gasteiger partial charge < -0.3 is 19.0 Å². The standard InChI is InChI=1S/C27H30N2O4/c1-4-18-32-20-14-12-19(13-15-20)24-23-25(30)21-10-7-8-11-22(21)33-26(23)27(31)29(24)17-9-16-28(5-2)6-3/h4,7-8,10-15,24H,1,5-6,9,16-18H2,2-3H3/t24-/m0/s1. The topological polar surface area (TPSA) is 63.0 Å². The van der Waals surface area contributed by atoms with Crippen LogP contribution in [0.4, 0.5) is 0 Å². The van der Waals surface area contributed by atoms with E-state index in [2.05, 4.69) is 25.3 Å². The van der Waals surface area contributed by atoms with Gasteiger partial charge in [0.2, 0.25) is 5.76 Å². The van der Waals surface area contributed by atoms with Crippen molar-refractivity contribution in [1.29, 1.82) is 0 Å². The van der Waals surface area contributed by atoms with Gasteiger partial charge in [0.15, 0.2) is 5.43 Å². The summed E-state index contributed by atoms with van der Waals surface area (Å²) in [5, 5.41) is 0.491. The Balaban J connectivity index is 1.74. The Hall–Kier alpha value is -3.38. The predicted molar refractivity (Wildman–Crippen MR) is 130 cm³/mol. The number of fused-ring (bicyclic) bond motifs is 2. The molecule has 1 amide bonds. The summed E-state index contributed by atoms with van der Waals surface area (Å²) in [6.45, 7) is 11.7. The van der Waals surface area contributed by atoms with E-state index in [9.17, 15) is 9.59 Å². The Morgan fingerprint density at radius 2 is 1.82 bits per heavy atom. The lowest BCUT2D eigenvalue weighted by Crippen LogP contribution is -2.33. The smallest absolute Gasteiger partial charge is 0.290 e. The Bertz CT molecular complexity index is 1190. The van der Waals surface area contributed by atoms with Gasteiger partial charge in [0.05, 0.1) is 17.0 Å². The largest absolute Gasteiger partial charge is 0.490 e. The van der Waals surface area contributed by atoms with Gasteiger partial charge in [-0.15, -0.1) is 0 Å². The molecule has 0 radical (unpaired) electrons. The summed E-state index contributed by atoms with van der Waals surface area (Å²) >= 11 is 0. The second-order valence-corrected chi connectivity index (χ2v) is 8.12. The van der Waals surface area contributed by atoms with Crippen LogP contribution in [0.15, 0.2) is 70.4 Å². The van der Waals surface area contributed by atoms with Crippen LogP contribution < -0.4 is 10.2 Å². The zero-order valence-corrected chi connectivity index (χ0v) is 19.3. The molecule has 1 aliphatic heterocycles. The van der Waals surface area contributed by atoms with Crippen molar-refractivity contribution >= 4 is 16.9 Å². The number of carbonyl (C=O) groups is 1. The van der Waals surface area contributed by atoms with Crippen LogP contribution in [0, 0.1) is 0 Å². The minimum absolute atomic E-state index is 0.150. The monoisotopic (exact) mass is 446 g/mol. The molecule has 0 fully saturated rings. The molecule has 0 saturated heterocycles. The molecule has 2 heterocycles. The van der Waals surface area contributed by atoms with Crippen LogP contribution in [-0.4, -0.2) is 48.5 Å². The van der Waals surface area contributed by atoms with Crippen molar-refractivity contribution in [3.8, 4) is 5.75 Å². The van der Waals surface area contributed by atoms with E-state index in [4.69, 9.17) is 9.15 Å². The molecule has 4 rings (SSSR count). The average Bonchev–Trinajstić information content (AvgIpc) is 3.12. The third-order valence-electron chi connectivity index (χ3n) is 6.20. The average molecular weight is 447 g/mol. The molecule has 0 spiro atoms. The fourth-order valence-corrected chi connectivity index (χ4v) is 4.45. The van der Waals surface area contributed by atoms with E-state index in [0.717, 1.165) is 31.6 Å². The highest BCUT2D eigenvalue weighted by Gasteiger charge is 2.42. The van der Waals surface area contributed by atoms with Crippen LogP contribution >= 0.6 is 0 Å². The SMILES string of the molecule is C=CCOc1ccc([C@H]2c3c(oc4ccccc4c3=O)C(=O)N2CCCN(CC)CC)cc1. The molecule has 0 unspecified atom stereocenters. The Kier molecular flexibility index (Phi) is 6.94. The maximum absolute atomic E-state index is 13.5. The van der Waals surface area contributed by atoms with Crippen molar-refractivity contribution in [3.63, 3.8) is 0 Å². The van der Waals surface area contributed by atoms with Crippen LogP contribution in [0.1, 0.15) is 48.0 Å². The fraction of sp³-hybridized carbons (Fsp3) is 0.333. The number of hydrogen-bond acceptors (Lipinski definition) is 5. The quantitative estimate of drug-likeness (QED) is 0.425. The van der Waals surface area contributed by atoms with Gasteiger partial charge in [0, 0.05) is 6.54 Å². The maximum atomic E-state index is 13.5. The fourth-order valence-electron chi connectivity index (χ4n) is 4.45. The summed E-state index contributed by atoms with van der Waals surface area (Å²) in [6, 6.07) is 14.2. The lowest BCUT2D eigenvalue weighted by molar-refractivity contribution is 0.0720. The molecule has 0 aliphatic carbocycles. The van der Waals surface area contributed by atoms with E-state index in [1.807, 2.05) is 30.3 Å². The number of carbonyl (C=O) groups excluding carboxylic acids is 1. The van der Waals surface area contributed by atoms with Crippen molar-refractivity contribution in [2.75, 3.05) is 32.8 Å². The Morgan fingerprint density at radius 3 is 2.52 bits per heavy atom. The van der Waals surface area contributed by atoms with E-state index in [1.165, 1.54) is 0 Å². The van der Waals surface area contributed by atoms with E-state index >= 15 is 0 Å². The molecule has 172 valence electrons. The van der Waals surface area contributed by atoms with E-state index in [0.29, 0.717) is 35.4 Å². The minimum atomic E-state index is -0.487. The highest BCUT2D eigenvalue weighted by atomic mass is 16.5. The first-order valence-corrected chi connectivity index (χ1v) is 11.5. The maximum Gasteiger partial charge on any atom is 0.290 e. The number of hydrogen-bond donors (Lipinski definition) is 0. The van der Waals surface area contributed by atoms with E-state index < -0.39 is 6.04 Å². The zero-order chi connectivity index (χ0) is 23.4. The van der Waals surface area contributed by atoms with Crippen LogP contribution in [0.3, 0.4) is 0 Å². The van der Waals surface area contributed by atoms with Crippen LogP contribution in [0.25, 0.3) is 11.0 Å². The Morgan fingerprint density at radius 1 is 1.09 bits per heavy atom. The molecule has 6 nitrogen and oxygen atoms in total. The van der Waals surface area contributed by atoms with Gasteiger partial charge in [0.1, 0.15) is 17.9 Å². The molecule has 3 aromatic rings. The molecule has 2 aromatic carbocycles. The van der Waals surface area contributed by atoms with Gasteiger partial charge in [-0.3, -0.25) is 9.59 Å². The first-order chi connectivity index (χ1) is 16.1. The van der Waals surface area contributed by atoms with E-state index in [-0.39, 0.29) is 17.1 Å². The highest BCUT2D eigenvalue weighted by Crippen LogP contribution is 2.38. The number of amides is 1. The molecule has 1 atom stereocenters. The number of benzene rings is 2. The summed E-state index contributed by atoms with van der Waals surface area (Å²) in [7, 11) is 0. The van der Waals surface area contributed by atoms with Crippen molar-refractivity contribution in [2.45, 2.75) is 26.3 Å². The van der Waals surface area contributed by atoms with Gasteiger partial charge in [-0.05, 0) is 55.9 Å². The molecule has 0 N–H and O–H groups in total. The lowest BCUT2D eigenvalue weighted by atomic mass is 9.98. The second kappa shape index (κ2) is 10.0. The van der Waals surface area contributed by atoms with Gasteiger partial charge in [-0.25, -0.2) is 0 Å². The van der Waals surface area contributed by atoms with Crippen LogP contribution in [0.5, 0.6) is 5.75 Å². The first-order valence-electron chi connectivity index (χ1n) is 11.5. The summed E-state index contributed by atoms with van der Waals surface area (Å²) in [5.41, 5.74) is 1.56. The van der Waals surface area contributed by atoms with Gasteiger partial charge in [-0.2, -0.15) is 0 Å². The number of rotatable bonds is 10. The molecule has 6 heteroatoms. The van der Waals surface area contributed by atoms with Gasteiger partial charge >= 0.3 is 0 Å². The summed E-state index contributed by atoms with van der Waals surface area (Å²) < 4.78 is 11.6. The summed E-state index contributed by atoms with van der Waals surface area (Å²) in [5.74, 6) is 0.629. The zero-order valence-electron chi connectivity index (χ0n) is 19.3. The van der Waals surface area contributed by atoms with Crippen molar-refractivity contribution in [1.82, 2.24) is 9.80 Å². The molecular weight excluding hydrogens is 416 g/mol. The summed E-state index contributed by atoms with van der Waals surface area (Å²) in [4.78, 5) is 31.0. The van der Waals surface area contributed by atoms with Crippen LogP contribution in [-0.2, 0) is 0 Å². The van der Waals surface area contributed by atoms with Gasteiger partial charge in [-0.1, -0.05) is 50.8 Å². The number of para-hydroxylation sites is 1. The number of ether oxygens (including phenoxy) is 1. The lowest BCUT2D eigenvalue weighted by Gasteiger charge is -2.26. The highest BCUT2D eigenvalue weighted by molar-refractivity contribution is 5.99. The van der Waals surface area contributed by atoms with Crippen molar-refractivity contribution in [2.24, 2.45) is 0 Å². The number of nitrogens with zero attached hydrogens (tertiary/aromatic N) is 2. The molecular formula is C27H30N2O4.